The highest BCUT2D eigenvalue weighted by atomic mass is 16.6. The number of hydrogen-bond acceptors (Lipinski definition) is 6. The number of unbranched alkanes of at least 4 members (excludes halogenated alkanes) is 41. The van der Waals surface area contributed by atoms with Gasteiger partial charge in [-0.25, -0.2) is 0 Å². The van der Waals surface area contributed by atoms with E-state index in [1.165, 1.54) is 225 Å². The molecule has 0 aromatic heterocycles. The monoisotopic (exact) mass is 1160 g/mol. The molecule has 0 saturated carbocycles. The molecule has 0 aliphatic rings. The Labute approximate surface area is 515 Å². The number of rotatable bonds is 66. The van der Waals surface area contributed by atoms with E-state index >= 15 is 0 Å². The quantitative estimate of drug-likeness (QED) is 0.0261. The molecule has 6 heteroatoms. The Morgan fingerprint density at radius 1 is 0.241 bits per heavy atom. The van der Waals surface area contributed by atoms with E-state index in [0.29, 0.717) is 19.3 Å². The van der Waals surface area contributed by atoms with Gasteiger partial charge in [0.1, 0.15) is 13.2 Å². The molecule has 1 atom stereocenters. The van der Waals surface area contributed by atoms with Crippen LogP contribution in [0.25, 0.3) is 0 Å². The number of ether oxygens (including phenoxy) is 3. The Bertz CT molecular complexity index is 1570. The van der Waals surface area contributed by atoms with Crippen LogP contribution < -0.4 is 0 Å². The lowest BCUT2D eigenvalue weighted by Gasteiger charge is -2.18. The second-order valence-corrected chi connectivity index (χ2v) is 24.1. The molecular weight excluding hydrogens is 1020 g/mol. The summed E-state index contributed by atoms with van der Waals surface area (Å²) in [6, 6.07) is 0. The maximum Gasteiger partial charge on any atom is 0.306 e. The molecule has 0 rings (SSSR count). The molecule has 83 heavy (non-hydrogen) atoms. The lowest BCUT2D eigenvalue weighted by molar-refractivity contribution is -0.167. The topological polar surface area (TPSA) is 78.9 Å². The normalized spacial score (nSPS) is 12.6. The molecular formula is C77H136O6. The third kappa shape index (κ3) is 69.3. The zero-order valence-electron chi connectivity index (χ0n) is 55.2. The minimum absolute atomic E-state index is 0.0841. The SMILES string of the molecule is CCCCC/C=C\C/C=C\C/C=C\CCCCCCCCC(=O)OCC(COC(=O)CCCCCCCCCCCCCCCCC/C=C\CCCCCCCCCC)OC(=O)CCCCCCCC/C=C\C/C=C\C/C=C\CCCCC. The molecule has 0 aromatic carbocycles. The first-order valence-corrected chi connectivity index (χ1v) is 36.1. The number of hydrogen-bond donors (Lipinski definition) is 0. The van der Waals surface area contributed by atoms with Gasteiger partial charge < -0.3 is 14.2 Å². The highest BCUT2D eigenvalue weighted by Crippen LogP contribution is 2.17. The summed E-state index contributed by atoms with van der Waals surface area (Å²) >= 11 is 0. The van der Waals surface area contributed by atoms with Crippen LogP contribution >= 0.6 is 0 Å². The smallest absolute Gasteiger partial charge is 0.306 e. The van der Waals surface area contributed by atoms with Gasteiger partial charge in [-0.05, 0) is 122 Å². The van der Waals surface area contributed by atoms with Crippen molar-refractivity contribution in [2.24, 2.45) is 0 Å². The van der Waals surface area contributed by atoms with E-state index in [9.17, 15) is 14.4 Å². The Balaban J connectivity index is 4.34. The van der Waals surface area contributed by atoms with Gasteiger partial charge >= 0.3 is 17.9 Å². The zero-order chi connectivity index (χ0) is 59.9. The molecule has 0 spiro atoms. The summed E-state index contributed by atoms with van der Waals surface area (Å²) in [6.45, 7) is 6.61. The molecule has 0 fully saturated rings. The van der Waals surface area contributed by atoms with Crippen molar-refractivity contribution in [2.75, 3.05) is 13.2 Å². The summed E-state index contributed by atoms with van der Waals surface area (Å²) in [5.41, 5.74) is 0. The molecule has 0 saturated heterocycles. The first kappa shape index (κ1) is 79.6. The predicted octanol–water partition coefficient (Wildman–Crippen LogP) is 25.0. The summed E-state index contributed by atoms with van der Waals surface area (Å²) in [5.74, 6) is -0.891. The van der Waals surface area contributed by atoms with Crippen LogP contribution in [-0.2, 0) is 28.6 Å². The molecule has 1 unspecified atom stereocenters. The van der Waals surface area contributed by atoms with Gasteiger partial charge in [-0.1, -0.05) is 311 Å². The van der Waals surface area contributed by atoms with Gasteiger partial charge in [0.05, 0.1) is 0 Å². The minimum atomic E-state index is -0.792. The average Bonchev–Trinajstić information content (AvgIpc) is 3.50. The maximum atomic E-state index is 13.0. The first-order chi connectivity index (χ1) is 41.0. The van der Waals surface area contributed by atoms with E-state index in [0.717, 1.165) is 103 Å². The van der Waals surface area contributed by atoms with Crippen molar-refractivity contribution in [3.05, 3.63) is 85.1 Å². The Morgan fingerprint density at radius 2 is 0.434 bits per heavy atom. The molecule has 0 radical (unpaired) electrons. The van der Waals surface area contributed by atoms with Gasteiger partial charge in [0.2, 0.25) is 0 Å². The molecule has 0 amide bonds. The highest BCUT2D eigenvalue weighted by Gasteiger charge is 2.19. The fourth-order valence-electron chi connectivity index (χ4n) is 10.4. The maximum absolute atomic E-state index is 13.0. The van der Waals surface area contributed by atoms with Crippen LogP contribution in [-0.4, -0.2) is 37.2 Å². The lowest BCUT2D eigenvalue weighted by atomic mass is 10.0. The van der Waals surface area contributed by atoms with Crippen LogP contribution in [0, 0.1) is 0 Å². The fraction of sp³-hybridized carbons (Fsp3) is 0.779. The van der Waals surface area contributed by atoms with E-state index in [1.54, 1.807) is 0 Å². The van der Waals surface area contributed by atoms with Crippen LogP contribution in [0.1, 0.15) is 367 Å². The van der Waals surface area contributed by atoms with Gasteiger partial charge in [-0.15, -0.1) is 0 Å². The van der Waals surface area contributed by atoms with E-state index in [1.807, 2.05) is 0 Å². The summed E-state index contributed by atoms with van der Waals surface area (Å²) < 4.78 is 17.0. The summed E-state index contributed by atoms with van der Waals surface area (Å²) in [6.07, 6.45) is 94.6. The summed E-state index contributed by atoms with van der Waals surface area (Å²) in [4.78, 5) is 38.5. The van der Waals surface area contributed by atoms with Crippen molar-refractivity contribution in [3.8, 4) is 0 Å². The summed E-state index contributed by atoms with van der Waals surface area (Å²) in [5, 5.41) is 0. The van der Waals surface area contributed by atoms with Crippen molar-refractivity contribution in [2.45, 2.75) is 374 Å². The second kappa shape index (κ2) is 71.1. The molecule has 0 heterocycles. The molecule has 0 aliphatic carbocycles. The third-order valence-corrected chi connectivity index (χ3v) is 15.8. The Kier molecular flexibility index (Phi) is 68.2. The second-order valence-electron chi connectivity index (χ2n) is 24.1. The Hall–Kier alpha value is -3.41. The molecule has 0 N–H and O–H groups in total. The lowest BCUT2D eigenvalue weighted by Crippen LogP contribution is -2.30. The van der Waals surface area contributed by atoms with Crippen molar-refractivity contribution in [1.29, 1.82) is 0 Å². The molecule has 6 nitrogen and oxygen atoms in total. The van der Waals surface area contributed by atoms with Crippen LogP contribution in [0.2, 0.25) is 0 Å². The first-order valence-electron chi connectivity index (χ1n) is 36.1. The molecule has 0 aromatic rings. The largest absolute Gasteiger partial charge is 0.462 e. The van der Waals surface area contributed by atoms with E-state index in [4.69, 9.17) is 14.2 Å². The van der Waals surface area contributed by atoms with Crippen LogP contribution in [0.3, 0.4) is 0 Å². The van der Waals surface area contributed by atoms with Crippen molar-refractivity contribution >= 4 is 17.9 Å². The Morgan fingerprint density at radius 3 is 0.711 bits per heavy atom. The number of esters is 3. The highest BCUT2D eigenvalue weighted by molar-refractivity contribution is 5.71. The van der Waals surface area contributed by atoms with E-state index < -0.39 is 6.10 Å². The number of carbonyl (C=O) groups is 3. The van der Waals surface area contributed by atoms with Gasteiger partial charge in [-0.2, -0.15) is 0 Å². The molecule has 0 aliphatic heterocycles. The number of carbonyl (C=O) groups excluding carboxylic acids is 3. The molecule has 0 bridgehead atoms. The third-order valence-electron chi connectivity index (χ3n) is 15.8. The fourth-order valence-corrected chi connectivity index (χ4v) is 10.4. The van der Waals surface area contributed by atoms with Crippen LogP contribution in [0.15, 0.2) is 85.1 Å². The van der Waals surface area contributed by atoms with Gasteiger partial charge in [0.15, 0.2) is 6.10 Å². The average molecular weight is 1160 g/mol. The van der Waals surface area contributed by atoms with Gasteiger partial charge in [0.25, 0.3) is 0 Å². The van der Waals surface area contributed by atoms with Crippen molar-refractivity contribution < 1.29 is 28.6 Å². The molecule has 480 valence electrons. The predicted molar refractivity (Wildman–Crippen MR) is 362 cm³/mol. The van der Waals surface area contributed by atoms with Crippen molar-refractivity contribution in [3.63, 3.8) is 0 Å². The summed E-state index contributed by atoms with van der Waals surface area (Å²) in [7, 11) is 0. The van der Waals surface area contributed by atoms with Crippen LogP contribution in [0.4, 0.5) is 0 Å². The van der Waals surface area contributed by atoms with Crippen molar-refractivity contribution in [1.82, 2.24) is 0 Å². The standard InChI is InChI=1S/C77H136O6/c1-4-7-10-13-16-19-22-25-28-31-34-35-36-37-38-39-40-41-44-46-49-52-55-58-61-64-67-70-76(79)82-73-74(83-77(80)71-68-65-62-59-56-53-50-47-43-33-30-27-24-21-18-15-12-9-6-3)72-81-75(78)69-66-63-60-57-54-51-48-45-42-32-29-26-23-20-17-14-11-8-5-2/h17-18,20-21,26-27,29-31,34,42-43,45,47,74H,4-16,19,22-25,28,32-33,35-41,44,46,48-73H2,1-3H3/b20-17-,21-18-,29-26-,30-27-,34-31-,45-42-,47-43-. The van der Waals surface area contributed by atoms with E-state index in [2.05, 4.69) is 106 Å². The van der Waals surface area contributed by atoms with Gasteiger partial charge in [0, 0.05) is 19.3 Å². The van der Waals surface area contributed by atoms with Crippen LogP contribution in [0.5, 0.6) is 0 Å². The van der Waals surface area contributed by atoms with E-state index in [-0.39, 0.29) is 31.1 Å². The van der Waals surface area contributed by atoms with Gasteiger partial charge in [-0.3, -0.25) is 14.4 Å². The zero-order valence-corrected chi connectivity index (χ0v) is 55.2. The number of allylic oxidation sites excluding steroid dienone is 14. The minimum Gasteiger partial charge on any atom is -0.462 e.